The average Bonchev–Trinajstić information content (AvgIpc) is 2.85. The van der Waals surface area contributed by atoms with Crippen LogP contribution in [-0.2, 0) is 30.2 Å². The molecule has 1 fully saturated rings. The number of hydrogen-bond donors (Lipinski definition) is 0. The van der Waals surface area contributed by atoms with Crippen molar-refractivity contribution in [2.75, 3.05) is 6.61 Å². The third-order valence-electron chi connectivity index (χ3n) is 5.94. The van der Waals surface area contributed by atoms with Gasteiger partial charge in [-0.05, 0) is 61.6 Å². The quantitative estimate of drug-likeness (QED) is 0.279. The maximum Gasteiger partial charge on any atom is 0.297 e. The Hall–Kier alpha value is -1.93. The van der Waals surface area contributed by atoms with Gasteiger partial charge in [-0.1, -0.05) is 77.3 Å². The van der Waals surface area contributed by atoms with Crippen LogP contribution in [0.1, 0.15) is 42.1 Å². The van der Waals surface area contributed by atoms with Crippen LogP contribution in [0.2, 0.25) is 10.0 Å². The molecule has 4 rings (SSSR count). The molecule has 1 heterocycles. The van der Waals surface area contributed by atoms with Crippen molar-refractivity contribution in [2.45, 2.75) is 56.0 Å². The first kappa shape index (κ1) is 26.1. The van der Waals surface area contributed by atoms with Gasteiger partial charge >= 0.3 is 0 Å². The van der Waals surface area contributed by atoms with Crippen LogP contribution >= 0.6 is 23.2 Å². The number of ether oxygens (including phenoxy) is 2. The summed E-state index contributed by atoms with van der Waals surface area (Å²) in [5.41, 5.74) is 2.90. The van der Waals surface area contributed by atoms with Gasteiger partial charge in [-0.25, -0.2) is 0 Å². The zero-order chi connectivity index (χ0) is 24.8. The highest BCUT2D eigenvalue weighted by atomic mass is 35.5. The van der Waals surface area contributed by atoms with E-state index in [1.807, 2.05) is 49.4 Å². The molecule has 3 atom stereocenters. The normalized spacial score (nSPS) is 19.4. The first-order chi connectivity index (χ1) is 16.8. The lowest BCUT2D eigenvalue weighted by molar-refractivity contribution is -0.220. The minimum absolute atomic E-state index is 0.0604. The Morgan fingerprint density at radius 2 is 1.74 bits per heavy atom. The van der Waals surface area contributed by atoms with E-state index in [1.54, 1.807) is 30.3 Å². The van der Waals surface area contributed by atoms with E-state index < -0.39 is 16.4 Å². The van der Waals surface area contributed by atoms with Gasteiger partial charge in [0.2, 0.25) is 0 Å². The van der Waals surface area contributed by atoms with E-state index in [1.165, 1.54) is 0 Å². The molecule has 1 saturated heterocycles. The number of halogens is 2. The molecule has 0 saturated carbocycles. The standard InChI is InChI=1S/C27H28Cl2O5S/c1-19-10-14-24(15-11-19)35(30,31)32-18-23-8-5-9-27(33-23)34-26(20-6-3-2-4-7-20)16-21-12-13-22(28)17-25(21)29/h2-4,6-7,10-15,17,23,26-27H,5,8-9,16,18H2,1H3. The molecular formula is C27H28Cl2O5S. The van der Waals surface area contributed by atoms with Crippen molar-refractivity contribution in [1.29, 1.82) is 0 Å². The number of aryl methyl sites for hydroxylation is 1. The third kappa shape index (κ3) is 7.29. The second-order valence-electron chi connectivity index (χ2n) is 8.65. The van der Waals surface area contributed by atoms with Gasteiger partial charge in [0.25, 0.3) is 10.1 Å². The molecule has 0 radical (unpaired) electrons. The SMILES string of the molecule is Cc1ccc(S(=O)(=O)OCC2CCCC(OC(Cc3ccc(Cl)cc3Cl)c3ccccc3)O2)cc1. The fourth-order valence-electron chi connectivity index (χ4n) is 4.01. The summed E-state index contributed by atoms with van der Waals surface area (Å²) in [6.07, 6.45) is 1.62. The topological polar surface area (TPSA) is 61.8 Å². The molecule has 0 N–H and O–H groups in total. The van der Waals surface area contributed by atoms with Gasteiger partial charge in [0.05, 0.1) is 23.7 Å². The van der Waals surface area contributed by atoms with Crippen LogP contribution in [0, 0.1) is 6.92 Å². The van der Waals surface area contributed by atoms with Crippen LogP contribution in [0.5, 0.6) is 0 Å². The molecule has 1 aliphatic rings. The summed E-state index contributed by atoms with van der Waals surface area (Å²) in [5.74, 6) is 0. The Balaban J connectivity index is 1.41. The first-order valence-corrected chi connectivity index (χ1v) is 13.7. The second-order valence-corrected chi connectivity index (χ2v) is 11.1. The maximum absolute atomic E-state index is 12.6. The van der Waals surface area contributed by atoms with E-state index in [0.717, 1.165) is 23.1 Å². The minimum atomic E-state index is -3.86. The van der Waals surface area contributed by atoms with E-state index >= 15 is 0 Å². The highest BCUT2D eigenvalue weighted by molar-refractivity contribution is 7.86. The second kappa shape index (κ2) is 11.9. The summed E-state index contributed by atoms with van der Waals surface area (Å²) in [7, 11) is -3.86. The first-order valence-electron chi connectivity index (χ1n) is 11.6. The lowest BCUT2D eigenvalue weighted by Crippen LogP contribution is -2.34. The van der Waals surface area contributed by atoms with E-state index in [-0.39, 0.29) is 23.7 Å². The average molecular weight is 535 g/mol. The highest BCUT2D eigenvalue weighted by Gasteiger charge is 2.28. The van der Waals surface area contributed by atoms with Crippen molar-refractivity contribution in [3.8, 4) is 0 Å². The smallest absolute Gasteiger partial charge is 0.297 e. The third-order valence-corrected chi connectivity index (χ3v) is 7.82. The summed E-state index contributed by atoms with van der Waals surface area (Å²) in [5, 5.41) is 1.16. The number of benzene rings is 3. The molecule has 35 heavy (non-hydrogen) atoms. The molecule has 5 nitrogen and oxygen atoms in total. The molecule has 0 bridgehead atoms. The lowest BCUT2D eigenvalue weighted by Gasteiger charge is -2.32. The van der Waals surface area contributed by atoms with Gasteiger partial charge < -0.3 is 9.47 Å². The monoisotopic (exact) mass is 534 g/mol. The van der Waals surface area contributed by atoms with E-state index in [9.17, 15) is 8.42 Å². The number of rotatable bonds is 9. The molecular weight excluding hydrogens is 507 g/mol. The van der Waals surface area contributed by atoms with Crippen LogP contribution in [0.15, 0.2) is 77.7 Å². The number of hydrogen-bond acceptors (Lipinski definition) is 5. The summed E-state index contributed by atoms with van der Waals surface area (Å²) < 4.78 is 43.0. The Labute approximate surface area is 217 Å². The van der Waals surface area contributed by atoms with Crippen LogP contribution in [0.25, 0.3) is 0 Å². The molecule has 186 valence electrons. The Bertz CT molecular complexity index is 1220. The molecule has 3 unspecified atom stereocenters. The highest BCUT2D eigenvalue weighted by Crippen LogP contribution is 2.32. The fraction of sp³-hybridized carbons (Fsp3) is 0.333. The van der Waals surface area contributed by atoms with E-state index in [2.05, 4.69) is 0 Å². The fourth-order valence-corrected chi connectivity index (χ4v) is 5.43. The Morgan fingerprint density at radius 1 is 1.00 bits per heavy atom. The Kier molecular flexibility index (Phi) is 8.87. The minimum Gasteiger partial charge on any atom is -0.347 e. The van der Waals surface area contributed by atoms with Crippen LogP contribution < -0.4 is 0 Å². The summed E-state index contributed by atoms with van der Waals surface area (Å²) in [6.45, 7) is 1.84. The summed E-state index contributed by atoms with van der Waals surface area (Å²) in [6, 6.07) is 21.9. The van der Waals surface area contributed by atoms with Crippen LogP contribution in [0.4, 0.5) is 0 Å². The van der Waals surface area contributed by atoms with Crippen molar-refractivity contribution in [3.63, 3.8) is 0 Å². The van der Waals surface area contributed by atoms with Crippen molar-refractivity contribution >= 4 is 33.3 Å². The zero-order valence-electron chi connectivity index (χ0n) is 19.4. The van der Waals surface area contributed by atoms with Gasteiger partial charge in [-0.3, -0.25) is 4.18 Å². The van der Waals surface area contributed by atoms with Crippen molar-refractivity contribution < 1.29 is 22.1 Å². The van der Waals surface area contributed by atoms with Gasteiger partial charge in [0.15, 0.2) is 6.29 Å². The summed E-state index contributed by atoms with van der Waals surface area (Å²) in [4.78, 5) is 0.135. The zero-order valence-corrected chi connectivity index (χ0v) is 21.7. The van der Waals surface area contributed by atoms with Crippen molar-refractivity contribution in [2.24, 2.45) is 0 Å². The van der Waals surface area contributed by atoms with E-state index in [0.29, 0.717) is 29.3 Å². The maximum atomic E-state index is 12.6. The molecule has 0 spiro atoms. The molecule has 0 aliphatic carbocycles. The van der Waals surface area contributed by atoms with Crippen molar-refractivity contribution in [3.05, 3.63) is 99.5 Å². The predicted octanol–water partition coefficient (Wildman–Crippen LogP) is 6.90. The lowest BCUT2D eigenvalue weighted by atomic mass is 10.0. The van der Waals surface area contributed by atoms with E-state index in [4.69, 9.17) is 36.9 Å². The molecule has 3 aromatic rings. The van der Waals surface area contributed by atoms with Gasteiger partial charge in [0, 0.05) is 16.5 Å². The van der Waals surface area contributed by atoms with Gasteiger partial charge in [-0.2, -0.15) is 8.42 Å². The van der Waals surface area contributed by atoms with Crippen LogP contribution in [0.3, 0.4) is 0 Å². The predicted molar refractivity (Wildman–Crippen MR) is 137 cm³/mol. The van der Waals surface area contributed by atoms with Crippen LogP contribution in [-0.4, -0.2) is 27.4 Å². The largest absolute Gasteiger partial charge is 0.347 e. The molecule has 1 aliphatic heterocycles. The van der Waals surface area contributed by atoms with Crippen molar-refractivity contribution in [1.82, 2.24) is 0 Å². The molecule has 0 aromatic heterocycles. The van der Waals surface area contributed by atoms with Gasteiger partial charge in [-0.15, -0.1) is 0 Å². The van der Waals surface area contributed by atoms with Gasteiger partial charge in [0.1, 0.15) is 0 Å². The molecule has 0 amide bonds. The molecule has 3 aromatic carbocycles. The Morgan fingerprint density at radius 3 is 2.46 bits per heavy atom. The summed E-state index contributed by atoms with van der Waals surface area (Å²) >= 11 is 12.5. The molecule has 8 heteroatoms.